The van der Waals surface area contributed by atoms with E-state index in [4.69, 9.17) is 0 Å². The third-order valence-electron chi connectivity index (χ3n) is 2.85. The van der Waals surface area contributed by atoms with Gasteiger partial charge in [0.25, 0.3) is 0 Å². The summed E-state index contributed by atoms with van der Waals surface area (Å²) in [6, 6.07) is 17.7. The molecule has 2 aromatic rings. The second kappa shape index (κ2) is 7.09. The summed E-state index contributed by atoms with van der Waals surface area (Å²) in [5.41, 5.74) is 1.49. The largest absolute Gasteiger partial charge is 0.492 e. The fourth-order valence-corrected chi connectivity index (χ4v) is 1.86. The molecule has 2 rings (SSSR count). The summed E-state index contributed by atoms with van der Waals surface area (Å²) >= 11 is 0. The summed E-state index contributed by atoms with van der Waals surface area (Å²) in [6.45, 7) is 0.134. The summed E-state index contributed by atoms with van der Waals surface area (Å²) in [5.74, 6) is -2.22. The summed E-state index contributed by atoms with van der Waals surface area (Å²) in [5, 5.41) is 1.00. The number of benzene rings is 2. The van der Waals surface area contributed by atoms with Crippen molar-refractivity contribution in [2.24, 2.45) is 0 Å². The maximum atomic E-state index is 12.4. The Hall–Kier alpha value is -2.34. The fraction of sp³-hybridized carbons (Fsp3) is 0.188. The van der Waals surface area contributed by atoms with Crippen molar-refractivity contribution >= 4 is 5.97 Å². The first-order valence-electron chi connectivity index (χ1n) is 6.57. The van der Waals surface area contributed by atoms with Crippen LogP contribution in [0.2, 0.25) is 0 Å². The molecule has 0 unspecified atom stereocenters. The lowest BCUT2D eigenvalue weighted by molar-refractivity contribution is -0.243. The summed E-state index contributed by atoms with van der Waals surface area (Å²) in [6.07, 6.45) is -5.02. The molecule has 0 aromatic heterocycles. The Kier molecular flexibility index (Phi) is 5.16. The first-order chi connectivity index (χ1) is 10.4. The highest BCUT2D eigenvalue weighted by Gasteiger charge is 2.42. The van der Waals surface area contributed by atoms with Gasteiger partial charge in [-0.05, 0) is 11.1 Å². The second-order valence-corrected chi connectivity index (χ2v) is 4.65. The maximum absolute atomic E-state index is 12.4. The molecule has 0 atom stereocenters. The zero-order valence-electron chi connectivity index (χ0n) is 11.6. The van der Waals surface area contributed by atoms with Crippen molar-refractivity contribution in [2.75, 3.05) is 0 Å². The van der Waals surface area contributed by atoms with Gasteiger partial charge in [-0.2, -0.15) is 13.2 Å². The normalized spacial score (nSPS) is 11.5. The van der Waals surface area contributed by atoms with Crippen LogP contribution in [-0.2, 0) is 22.7 Å². The van der Waals surface area contributed by atoms with Gasteiger partial charge < -0.3 is 4.84 Å². The number of alkyl halides is 3. The molecule has 0 amide bonds. The predicted octanol–water partition coefficient (Wildman–Crippen LogP) is 3.71. The summed E-state index contributed by atoms with van der Waals surface area (Å²) in [4.78, 5) is 15.6. The van der Waals surface area contributed by atoms with Gasteiger partial charge in [0.15, 0.2) is 0 Å². The van der Waals surface area contributed by atoms with Crippen molar-refractivity contribution < 1.29 is 22.8 Å². The molecule has 0 N–H and O–H groups in total. The molecule has 6 heteroatoms. The molecular formula is C16H14F3NO2. The molecule has 0 saturated heterocycles. The highest BCUT2D eigenvalue weighted by Crippen LogP contribution is 2.19. The minimum Gasteiger partial charge on any atom is -0.360 e. The zero-order valence-corrected chi connectivity index (χ0v) is 11.6. The lowest BCUT2D eigenvalue weighted by Gasteiger charge is -2.22. The lowest BCUT2D eigenvalue weighted by atomic mass is 10.2. The van der Waals surface area contributed by atoms with Crippen LogP contribution in [0, 0.1) is 0 Å². The predicted molar refractivity (Wildman–Crippen MR) is 74.3 cm³/mol. The molecular weight excluding hydrogens is 295 g/mol. The quantitative estimate of drug-likeness (QED) is 0.789. The van der Waals surface area contributed by atoms with Crippen LogP contribution in [0.25, 0.3) is 0 Å². The van der Waals surface area contributed by atoms with Crippen LogP contribution in [0.3, 0.4) is 0 Å². The van der Waals surface area contributed by atoms with E-state index in [-0.39, 0.29) is 13.1 Å². The maximum Gasteiger partial charge on any atom is 0.492 e. The van der Waals surface area contributed by atoms with Gasteiger partial charge in [0, 0.05) is 0 Å². The van der Waals surface area contributed by atoms with Crippen LogP contribution >= 0.6 is 0 Å². The molecule has 3 nitrogen and oxygen atoms in total. The van der Waals surface area contributed by atoms with Gasteiger partial charge in [-0.3, -0.25) is 0 Å². The summed E-state index contributed by atoms with van der Waals surface area (Å²) in [7, 11) is 0. The van der Waals surface area contributed by atoms with Crippen LogP contribution in [0.1, 0.15) is 11.1 Å². The van der Waals surface area contributed by atoms with Crippen LogP contribution in [0.15, 0.2) is 60.7 Å². The molecule has 2 aromatic carbocycles. The van der Waals surface area contributed by atoms with Gasteiger partial charge in [0.1, 0.15) is 0 Å². The Labute approximate surface area is 125 Å². The average molecular weight is 309 g/mol. The highest BCUT2D eigenvalue weighted by molar-refractivity contribution is 5.75. The molecule has 0 aliphatic carbocycles. The molecule has 0 heterocycles. The zero-order chi connectivity index (χ0) is 16.0. The number of hydroxylamine groups is 2. The van der Waals surface area contributed by atoms with Crippen molar-refractivity contribution in [1.29, 1.82) is 0 Å². The number of carbonyl (C=O) groups excluding carboxylic acids is 1. The standard InChI is InChI=1S/C16H14F3NO2/c17-16(18,19)15(21)22-20(11-13-7-3-1-4-8-13)12-14-9-5-2-6-10-14/h1-10H,11-12H2. The third kappa shape index (κ3) is 4.89. The molecule has 0 bridgehead atoms. The van der Waals surface area contributed by atoms with Crippen LogP contribution in [-0.4, -0.2) is 17.2 Å². The van der Waals surface area contributed by atoms with Gasteiger partial charge in [-0.15, -0.1) is 5.06 Å². The number of nitrogens with zero attached hydrogens (tertiary/aromatic N) is 1. The minimum atomic E-state index is -5.02. The van der Waals surface area contributed by atoms with Gasteiger partial charge in [0.05, 0.1) is 13.1 Å². The molecule has 0 fully saturated rings. The van der Waals surface area contributed by atoms with E-state index in [2.05, 4.69) is 4.84 Å². The van der Waals surface area contributed by atoms with E-state index < -0.39 is 12.1 Å². The minimum absolute atomic E-state index is 0.0670. The molecule has 0 saturated carbocycles. The SMILES string of the molecule is O=C(ON(Cc1ccccc1)Cc1ccccc1)C(F)(F)F. The van der Waals surface area contributed by atoms with Gasteiger partial charge in [0.2, 0.25) is 0 Å². The number of carbonyl (C=O) groups is 1. The smallest absolute Gasteiger partial charge is 0.360 e. The first-order valence-corrected chi connectivity index (χ1v) is 6.57. The molecule has 116 valence electrons. The topological polar surface area (TPSA) is 29.5 Å². The van der Waals surface area contributed by atoms with E-state index in [0.29, 0.717) is 0 Å². The number of rotatable bonds is 5. The Morgan fingerprint density at radius 1 is 0.864 bits per heavy atom. The molecule has 0 aliphatic heterocycles. The molecule has 22 heavy (non-hydrogen) atoms. The average Bonchev–Trinajstić information content (AvgIpc) is 2.48. The van der Waals surface area contributed by atoms with E-state index in [9.17, 15) is 18.0 Å². The molecule has 0 spiro atoms. The first kappa shape index (κ1) is 16.0. The van der Waals surface area contributed by atoms with Gasteiger partial charge in [-0.25, -0.2) is 4.79 Å². The van der Waals surface area contributed by atoms with Crippen molar-refractivity contribution in [1.82, 2.24) is 5.06 Å². The van der Waals surface area contributed by atoms with Crippen LogP contribution in [0.4, 0.5) is 13.2 Å². The number of hydrogen-bond donors (Lipinski definition) is 0. The van der Waals surface area contributed by atoms with Gasteiger partial charge in [-0.1, -0.05) is 60.7 Å². The van der Waals surface area contributed by atoms with E-state index >= 15 is 0 Å². The van der Waals surface area contributed by atoms with Crippen LogP contribution < -0.4 is 0 Å². The Morgan fingerprint density at radius 3 is 1.64 bits per heavy atom. The Balaban J connectivity index is 2.11. The van der Waals surface area contributed by atoms with E-state index in [1.807, 2.05) is 0 Å². The fourth-order valence-electron chi connectivity index (χ4n) is 1.86. The van der Waals surface area contributed by atoms with Crippen molar-refractivity contribution in [2.45, 2.75) is 19.3 Å². The highest BCUT2D eigenvalue weighted by atomic mass is 19.4. The van der Waals surface area contributed by atoms with E-state index in [1.165, 1.54) is 0 Å². The Bertz CT molecular complexity index is 558. The van der Waals surface area contributed by atoms with E-state index in [0.717, 1.165) is 16.2 Å². The number of hydrogen-bond acceptors (Lipinski definition) is 3. The van der Waals surface area contributed by atoms with E-state index in [1.54, 1.807) is 60.7 Å². The third-order valence-corrected chi connectivity index (χ3v) is 2.85. The molecule has 0 aliphatic rings. The van der Waals surface area contributed by atoms with Crippen molar-refractivity contribution in [3.63, 3.8) is 0 Å². The van der Waals surface area contributed by atoms with Crippen LogP contribution in [0.5, 0.6) is 0 Å². The van der Waals surface area contributed by atoms with Gasteiger partial charge >= 0.3 is 12.1 Å². The Morgan fingerprint density at radius 2 is 1.27 bits per heavy atom. The monoisotopic (exact) mass is 309 g/mol. The second-order valence-electron chi connectivity index (χ2n) is 4.65. The van der Waals surface area contributed by atoms with Crippen molar-refractivity contribution in [3.8, 4) is 0 Å². The lowest BCUT2D eigenvalue weighted by Crippen LogP contribution is -2.34. The van der Waals surface area contributed by atoms with Crippen molar-refractivity contribution in [3.05, 3.63) is 71.8 Å². The summed E-state index contributed by atoms with van der Waals surface area (Å²) < 4.78 is 37.2. The molecule has 0 radical (unpaired) electrons. The number of halogens is 3.